The number of halogens is 1. The third-order valence-electron chi connectivity index (χ3n) is 3.59. The number of ketones is 1. The average Bonchev–Trinajstić information content (AvgIpc) is 2.61. The van der Waals surface area contributed by atoms with E-state index in [1.54, 1.807) is 6.07 Å². The highest BCUT2D eigenvalue weighted by molar-refractivity contribution is 8.01. The molecule has 1 N–H and O–H groups in total. The second-order valence-corrected chi connectivity index (χ2v) is 6.63. The van der Waals surface area contributed by atoms with Gasteiger partial charge in [0, 0.05) is 10.5 Å². The van der Waals surface area contributed by atoms with E-state index in [0.29, 0.717) is 5.69 Å². The fourth-order valence-corrected chi connectivity index (χ4v) is 3.40. The maximum absolute atomic E-state index is 12.8. The van der Waals surface area contributed by atoms with E-state index in [1.165, 1.54) is 23.9 Å². The molecule has 0 radical (unpaired) electrons. The van der Waals surface area contributed by atoms with Crippen molar-refractivity contribution in [2.24, 2.45) is 0 Å². The van der Waals surface area contributed by atoms with Crippen LogP contribution in [0.4, 0.5) is 10.1 Å². The van der Waals surface area contributed by atoms with Gasteiger partial charge in [0.1, 0.15) is 5.82 Å². The van der Waals surface area contributed by atoms with E-state index >= 15 is 0 Å². The molecule has 7 heteroatoms. The van der Waals surface area contributed by atoms with Crippen LogP contribution in [0.15, 0.2) is 53.4 Å². The molecule has 2 aromatic rings. The predicted octanol–water partition coefficient (Wildman–Crippen LogP) is 3.05. The van der Waals surface area contributed by atoms with Gasteiger partial charge in [-0.2, -0.15) is 0 Å². The Hall–Kier alpha value is -2.67. The molecule has 0 bridgehead atoms. The molecule has 0 fully saturated rings. The molecule has 0 aliphatic carbocycles. The highest BCUT2D eigenvalue weighted by Crippen LogP contribution is 2.36. The fourth-order valence-electron chi connectivity index (χ4n) is 2.30. The smallest absolute Gasteiger partial charge is 0.307 e. The molecule has 1 amide bonds. The zero-order valence-corrected chi connectivity index (χ0v) is 13.8. The zero-order chi connectivity index (χ0) is 17.8. The predicted molar refractivity (Wildman–Crippen MR) is 91.0 cm³/mol. The Morgan fingerprint density at radius 2 is 1.84 bits per heavy atom. The second kappa shape index (κ2) is 7.48. The van der Waals surface area contributed by atoms with Crippen LogP contribution in [0, 0.1) is 5.82 Å². The van der Waals surface area contributed by atoms with Crippen molar-refractivity contribution in [3.63, 3.8) is 0 Å². The van der Waals surface area contributed by atoms with Crippen molar-refractivity contribution in [1.82, 2.24) is 0 Å². The molecule has 1 aliphatic heterocycles. The molecule has 1 aliphatic rings. The topological polar surface area (TPSA) is 72.5 Å². The summed E-state index contributed by atoms with van der Waals surface area (Å²) in [6.45, 7) is -0.444. The van der Waals surface area contributed by atoms with E-state index in [2.05, 4.69) is 5.32 Å². The molecule has 2 aromatic carbocycles. The first-order chi connectivity index (χ1) is 12.0. The van der Waals surface area contributed by atoms with E-state index in [9.17, 15) is 18.8 Å². The first kappa shape index (κ1) is 17.2. The van der Waals surface area contributed by atoms with E-state index in [1.807, 2.05) is 18.2 Å². The van der Waals surface area contributed by atoms with Gasteiger partial charge in [0.05, 0.1) is 17.4 Å². The summed E-state index contributed by atoms with van der Waals surface area (Å²) in [5.74, 6) is -1.79. The van der Waals surface area contributed by atoms with Gasteiger partial charge < -0.3 is 10.1 Å². The van der Waals surface area contributed by atoms with E-state index in [-0.39, 0.29) is 17.9 Å². The van der Waals surface area contributed by atoms with Crippen molar-refractivity contribution in [1.29, 1.82) is 0 Å². The minimum atomic E-state index is -0.637. The molecule has 0 saturated carbocycles. The molecule has 1 heterocycles. The number of fused-ring (bicyclic) bond motifs is 1. The number of nitrogens with one attached hydrogen (secondary N) is 1. The lowest BCUT2D eigenvalue weighted by Crippen LogP contribution is -2.31. The molecule has 5 nitrogen and oxygen atoms in total. The van der Waals surface area contributed by atoms with E-state index < -0.39 is 29.4 Å². The molecule has 0 saturated heterocycles. The monoisotopic (exact) mass is 359 g/mol. The molecular weight excluding hydrogens is 345 g/mol. The minimum absolute atomic E-state index is 0.137. The largest absolute Gasteiger partial charge is 0.457 e. The first-order valence-corrected chi connectivity index (χ1v) is 8.42. The van der Waals surface area contributed by atoms with Crippen molar-refractivity contribution in [3.8, 4) is 0 Å². The Balaban J connectivity index is 1.53. The number of para-hydroxylation sites is 1. The van der Waals surface area contributed by atoms with Crippen molar-refractivity contribution < 1.29 is 23.5 Å². The number of rotatable bonds is 5. The summed E-state index contributed by atoms with van der Waals surface area (Å²) in [6.07, 6.45) is -0.137. The Morgan fingerprint density at radius 3 is 2.60 bits per heavy atom. The Morgan fingerprint density at radius 1 is 1.12 bits per heavy atom. The van der Waals surface area contributed by atoms with Crippen LogP contribution < -0.4 is 5.32 Å². The van der Waals surface area contributed by atoms with Crippen LogP contribution >= 0.6 is 11.8 Å². The molecule has 3 rings (SSSR count). The molecule has 0 aromatic heterocycles. The van der Waals surface area contributed by atoms with Crippen molar-refractivity contribution >= 4 is 35.1 Å². The van der Waals surface area contributed by atoms with Crippen LogP contribution in [0.25, 0.3) is 0 Å². The molecule has 0 spiro atoms. The second-order valence-electron chi connectivity index (χ2n) is 5.39. The third kappa shape index (κ3) is 4.24. The van der Waals surface area contributed by atoms with Gasteiger partial charge in [-0.25, -0.2) is 4.39 Å². The minimum Gasteiger partial charge on any atom is -0.457 e. The van der Waals surface area contributed by atoms with Gasteiger partial charge in [0.15, 0.2) is 12.4 Å². The Kier molecular flexibility index (Phi) is 5.14. The number of carbonyl (C=O) groups excluding carboxylic acids is 3. The van der Waals surface area contributed by atoms with Gasteiger partial charge in [-0.15, -0.1) is 11.8 Å². The number of carbonyl (C=O) groups is 3. The van der Waals surface area contributed by atoms with Crippen LogP contribution in [0.3, 0.4) is 0 Å². The molecule has 25 heavy (non-hydrogen) atoms. The lowest BCUT2D eigenvalue weighted by Gasteiger charge is -2.23. The van der Waals surface area contributed by atoms with Gasteiger partial charge >= 0.3 is 5.97 Å². The highest BCUT2D eigenvalue weighted by atomic mass is 32.2. The molecule has 1 atom stereocenters. The third-order valence-corrected chi connectivity index (χ3v) is 4.86. The number of hydrogen-bond donors (Lipinski definition) is 1. The van der Waals surface area contributed by atoms with E-state index in [0.717, 1.165) is 17.0 Å². The average molecular weight is 359 g/mol. The fraction of sp³-hybridized carbons (Fsp3) is 0.167. The first-order valence-electron chi connectivity index (χ1n) is 7.54. The van der Waals surface area contributed by atoms with Crippen LogP contribution in [-0.4, -0.2) is 29.5 Å². The standard InChI is InChI=1S/C18H14FNO4S/c19-12-7-5-11(6-8-12)14(21)10-24-17(22)9-16-18(23)20-13-3-1-2-4-15(13)25-16/h1-8,16H,9-10H2,(H,20,23). The number of Topliss-reactive ketones (excluding diaryl/α,β-unsaturated/α-hetero) is 1. The summed E-state index contributed by atoms with van der Waals surface area (Å²) >= 11 is 1.29. The highest BCUT2D eigenvalue weighted by Gasteiger charge is 2.29. The van der Waals surface area contributed by atoms with Gasteiger partial charge in [-0.3, -0.25) is 14.4 Å². The summed E-state index contributed by atoms with van der Waals surface area (Å²) in [7, 11) is 0. The Bertz CT molecular complexity index is 822. The Labute approximate surface area is 147 Å². The van der Waals surface area contributed by atoms with Crippen LogP contribution in [0.2, 0.25) is 0 Å². The van der Waals surface area contributed by atoms with Gasteiger partial charge in [0.25, 0.3) is 0 Å². The van der Waals surface area contributed by atoms with E-state index in [4.69, 9.17) is 4.74 Å². The summed E-state index contributed by atoms with van der Waals surface area (Å²) < 4.78 is 17.8. The number of hydrogen-bond acceptors (Lipinski definition) is 5. The van der Waals surface area contributed by atoms with Gasteiger partial charge in [-0.05, 0) is 36.4 Å². The van der Waals surface area contributed by atoms with Crippen molar-refractivity contribution in [2.45, 2.75) is 16.6 Å². The lowest BCUT2D eigenvalue weighted by atomic mass is 10.1. The van der Waals surface area contributed by atoms with Crippen LogP contribution in [0.1, 0.15) is 16.8 Å². The molecule has 128 valence electrons. The summed E-state index contributed by atoms with van der Waals surface area (Å²) in [4.78, 5) is 36.7. The van der Waals surface area contributed by atoms with Gasteiger partial charge in [-0.1, -0.05) is 12.1 Å². The lowest BCUT2D eigenvalue weighted by molar-refractivity contribution is -0.143. The summed E-state index contributed by atoms with van der Waals surface area (Å²) in [5, 5.41) is 2.13. The van der Waals surface area contributed by atoms with Crippen molar-refractivity contribution in [3.05, 3.63) is 59.9 Å². The summed E-state index contributed by atoms with van der Waals surface area (Å²) in [6, 6.07) is 12.3. The van der Waals surface area contributed by atoms with Crippen molar-refractivity contribution in [2.75, 3.05) is 11.9 Å². The number of anilines is 1. The molecule has 1 unspecified atom stereocenters. The SMILES string of the molecule is O=C(CC1Sc2ccccc2NC1=O)OCC(=O)c1ccc(F)cc1. The number of amides is 1. The number of benzene rings is 2. The van der Waals surface area contributed by atoms with Crippen LogP contribution in [0.5, 0.6) is 0 Å². The molecular formula is C18H14FNO4S. The number of thioether (sulfide) groups is 1. The maximum Gasteiger partial charge on any atom is 0.307 e. The number of ether oxygens (including phenoxy) is 1. The maximum atomic E-state index is 12.8. The normalized spacial score (nSPS) is 15.9. The zero-order valence-electron chi connectivity index (χ0n) is 13.0. The quantitative estimate of drug-likeness (QED) is 0.656. The van der Waals surface area contributed by atoms with Crippen LogP contribution in [-0.2, 0) is 14.3 Å². The summed E-state index contributed by atoms with van der Waals surface area (Å²) in [5.41, 5.74) is 0.974. The number of esters is 1. The van der Waals surface area contributed by atoms with Gasteiger partial charge in [0.2, 0.25) is 5.91 Å².